The molecule has 5 heteroatoms. The molecule has 0 saturated heterocycles. The molecule has 1 heterocycles. The van der Waals surface area contributed by atoms with Gasteiger partial charge in [0.05, 0.1) is 23.7 Å². The van der Waals surface area contributed by atoms with Crippen molar-refractivity contribution in [3.05, 3.63) is 32.7 Å². The first kappa shape index (κ1) is 11.4. The van der Waals surface area contributed by atoms with E-state index in [1.807, 2.05) is 6.92 Å². The van der Waals surface area contributed by atoms with Crippen molar-refractivity contribution in [2.24, 2.45) is 0 Å². The SMILES string of the molecule is Cc1cc(Br)c(=O)n(CC(O)CO)c1. The quantitative estimate of drug-likeness (QED) is 0.822. The summed E-state index contributed by atoms with van der Waals surface area (Å²) in [5, 5.41) is 17.8. The number of hydrogen-bond donors (Lipinski definition) is 2. The minimum absolute atomic E-state index is 0.107. The van der Waals surface area contributed by atoms with Gasteiger partial charge in [0, 0.05) is 6.20 Å². The van der Waals surface area contributed by atoms with E-state index in [4.69, 9.17) is 5.11 Å². The van der Waals surface area contributed by atoms with E-state index < -0.39 is 6.10 Å². The van der Waals surface area contributed by atoms with Gasteiger partial charge >= 0.3 is 0 Å². The standard InChI is InChI=1S/C9H12BrNO3/c1-6-2-8(10)9(14)11(3-6)4-7(13)5-12/h2-3,7,12-13H,4-5H2,1H3. The summed E-state index contributed by atoms with van der Waals surface area (Å²) in [6.07, 6.45) is 0.743. The third kappa shape index (κ3) is 2.67. The minimum atomic E-state index is -0.901. The van der Waals surface area contributed by atoms with Crippen LogP contribution in [0.4, 0.5) is 0 Å². The molecule has 0 saturated carbocycles. The third-order valence-electron chi connectivity index (χ3n) is 1.80. The Morgan fingerprint density at radius 1 is 1.64 bits per heavy atom. The van der Waals surface area contributed by atoms with Crippen LogP contribution in [0, 0.1) is 6.92 Å². The second-order valence-electron chi connectivity index (χ2n) is 3.16. The topological polar surface area (TPSA) is 62.5 Å². The first-order chi connectivity index (χ1) is 6.54. The average molecular weight is 262 g/mol. The molecule has 0 aliphatic heterocycles. The summed E-state index contributed by atoms with van der Waals surface area (Å²) in [6.45, 7) is 1.61. The summed E-state index contributed by atoms with van der Waals surface area (Å²) in [6, 6.07) is 1.71. The van der Waals surface area contributed by atoms with Crippen molar-refractivity contribution in [1.82, 2.24) is 4.57 Å². The van der Waals surface area contributed by atoms with Gasteiger partial charge in [0.1, 0.15) is 0 Å². The summed E-state index contributed by atoms with van der Waals surface area (Å²) >= 11 is 3.13. The highest BCUT2D eigenvalue weighted by Crippen LogP contribution is 2.06. The van der Waals surface area contributed by atoms with E-state index in [-0.39, 0.29) is 18.7 Å². The normalized spacial score (nSPS) is 12.9. The van der Waals surface area contributed by atoms with Crippen molar-refractivity contribution in [3.63, 3.8) is 0 Å². The summed E-state index contributed by atoms with van der Waals surface area (Å²) in [5.74, 6) is 0. The number of halogens is 1. The molecular formula is C9H12BrNO3. The molecule has 0 amide bonds. The molecule has 0 aromatic carbocycles. The predicted octanol–water partition coefficient (Wildman–Crippen LogP) is 0.272. The van der Waals surface area contributed by atoms with E-state index >= 15 is 0 Å². The molecule has 1 atom stereocenters. The minimum Gasteiger partial charge on any atom is -0.394 e. The molecule has 0 bridgehead atoms. The van der Waals surface area contributed by atoms with Crippen LogP contribution in [0.15, 0.2) is 21.5 Å². The Morgan fingerprint density at radius 3 is 2.86 bits per heavy atom. The highest BCUT2D eigenvalue weighted by Gasteiger charge is 2.07. The molecule has 1 aromatic heterocycles. The summed E-state index contributed by atoms with van der Waals surface area (Å²) < 4.78 is 1.84. The molecule has 0 fully saturated rings. The van der Waals surface area contributed by atoms with Crippen LogP contribution >= 0.6 is 15.9 Å². The van der Waals surface area contributed by atoms with Crippen molar-refractivity contribution in [2.45, 2.75) is 19.6 Å². The number of nitrogens with zero attached hydrogens (tertiary/aromatic N) is 1. The van der Waals surface area contributed by atoms with Gasteiger partial charge in [-0.25, -0.2) is 0 Å². The van der Waals surface area contributed by atoms with Crippen molar-refractivity contribution in [1.29, 1.82) is 0 Å². The average Bonchev–Trinajstić information content (AvgIpc) is 2.13. The highest BCUT2D eigenvalue weighted by molar-refractivity contribution is 9.10. The highest BCUT2D eigenvalue weighted by atomic mass is 79.9. The third-order valence-corrected chi connectivity index (χ3v) is 2.37. The summed E-state index contributed by atoms with van der Waals surface area (Å²) in [5.41, 5.74) is 0.713. The van der Waals surface area contributed by atoms with Crippen LogP contribution in [0.2, 0.25) is 0 Å². The molecule has 1 rings (SSSR count). The first-order valence-corrected chi connectivity index (χ1v) is 4.99. The Bertz CT molecular complexity index is 375. The van der Waals surface area contributed by atoms with Crippen LogP contribution in [-0.2, 0) is 6.54 Å². The molecule has 4 nitrogen and oxygen atoms in total. The number of pyridine rings is 1. The van der Waals surface area contributed by atoms with Crippen molar-refractivity contribution >= 4 is 15.9 Å². The van der Waals surface area contributed by atoms with Crippen molar-refractivity contribution < 1.29 is 10.2 Å². The van der Waals surface area contributed by atoms with Crippen LogP contribution in [-0.4, -0.2) is 27.5 Å². The number of aryl methyl sites for hydroxylation is 1. The maximum absolute atomic E-state index is 11.5. The second kappa shape index (κ2) is 4.72. The zero-order chi connectivity index (χ0) is 10.7. The lowest BCUT2D eigenvalue weighted by atomic mass is 10.3. The molecule has 78 valence electrons. The molecule has 0 radical (unpaired) electrons. The lowest BCUT2D eigenvalue weighted by Gasteiger charge is -2.10. The second-order valence-corrected chi connectivity index (χ2v) is 4.01. The Morgan fingerprint density at radius 2 is 2.29 bits per heavy atom. The molecule has 1 aromatic rings. The zero-order valence-corrected chi connectivity index (χ0v) is 9.36. The van der Waals surface area contributed by atoms with Gasteiger partial charge in [0.25, 0.3) is 5.56 Å². The fourth-order valence-electron chi connectivity index (χ4n) is 1.16. The number of aliphatic hydroxyl groups excluding tert-OH is 2. The van der Waals surface area contributed by atoms with Crippen LogP contribution in [0.1, 0.15) is 5.56 Å². The molecule has 14 heavy (non-hydrogen) atoms. The fraction of sp³-hybridized carbons (Fsp3) is 0.444. The van der Waals surface area contributed by atoms with Gasteiger partial charge in [-0.05, 0) is 34.5 Å². The Labute approximate surface area is 89.9 Å². The number of hydrogen-bond acceptors (Lipinski definition) is 3. The van der Waals surface area contributed by atoms with E-state index in [2.05, 4.69) is 15.9 Å². The Hall–Kier alpha value is -0.650. The van der Waals surface area contributed by atoms with Crippen LogP contribution in [0.3, 0.4) is 0 Å². The zero-order valence-electron chi connectivity index (χ0n) is 7.77. The lowest BCUT2D eigenvalue weighted by Crippen LogP contribution is -2.28. The van der Waals surface area contributed by atoms with E-state index in [0.717, 1.165) is 5.56 Å². The van der Waals surface area contributed by atoms with Gasteiger partial charge in [0.15, 0.2) is 0 Å². The number of aromatic nitrogens is 1. The molecular weight excluding hydrogens is 250 g/mol. The molecule has 0 aliphatic carbocycles. The fourth-order valence-corrected chi connectivity index (χ4v) is 1.75. The summed E-state index contributed by atoms with van der Waals surface area (Å²) in [4.78, 5) is 11.5. The smallest absolute Gasteiger partial charge is 0.264 e. The Balaban J connectivity index is 3.02. The summed E-state index contributed by atoms with van der Waals surface area (Å²) in [7, 11) is 0. The van der Waals surface area contributed by atoms with E-state index in [1.165, 1.54) is 4.57 Å². The van der Waals surface area contributed by atoms with Crippen molar-refractivity contribution in [2.75, 3.05) is 6.61 Å². The monoisotopic (exact) mass is 261 g/mol. The molecule has 0 spiro atoms. The lowest BCUT2D eigenvalue weighted by molar-refractivity contribution is 0.0803. The van der Waals surface area contributed by atoms with Gasteiger partial charge in [-0.15, -0.1) is 0 Å². The first-order valence-electron chi connectivity index (χ1n) is 4.20. The van der Waals surface area contributed by atoms with Crippen molar-refractivity contribution in [3.8, 4) is 0 Å². The van der Waals surface area contributed by atoms with Gasteiger partial charge < -0.3 is 14.8 Å². The molecule has 2 N–H and O–H groups in total. The van der Waals surface area contributed by atoms with Crippen LogP contribution in [0.25, 0.3) is 0 Å². The number of rotatable bonds is 3. The predicted molar refractivity (Wildman–Crippen MR) is 56.2 cm³/mol. The van der Waals surface area contributed by atoms with Gasteiger partial charge in [-0.2, -0.15) is 0 Å². The van der Waals surface area contributed by atoms with Gasteiger partial charge in [0.2, 0.25) is 0 Å². The van der Waals surface area contributed by atoms with E-state index in [0.29, 0.717) is 4.47 Å². The van der Waals surface area contributed by atoms with Gasteiger partial charge in [-0.3, -0.25) is 4.79 Å². The van der Waals surface area contributed by atoms with Crippen LogP contribution in [0.5, 0.6) is 0 Å². The van der Waals surface area contributed by atoms with Gasteiger partial charge in [-0.1, -0.05) is 0 Å². The molecule has 0 aliphatic rings. The van der Waals surface area contributed by atoms with E-state index in [1.54, 1.807) is 12.3 Å². The maximum atomic E-state index is 11.5. The maximum Gasteiger partial charge on any atom is 0.264 e. The number of aliphatic hydroxyl groups is 2. The Kier molecular flexibility index (Phi) is 3.86. The largest absolute Gasteiger partial charge is 0.394 e. The molecule has 1 unspecified atom stereocenters. The van der Waals surface area contributed by atoms with E-state index in [9.17, 15) is 9.90 Å². The van der Waals surface area contributed by atoms with Crippen LogP contribution < -0.4 is 5.56 Å².